The molecule has 4 atom stereocenters. The number of aryl methyl sites for hydroxylation is 1. The largest absolute Gasteiger partial charge is 0.491 e. The van der Waals surface area contributed by atoms with Crippen LogP contribution in [0.1, 0.15) is 50.3 Å². The van der Waals surface area contributed by atoms with Crippen LogP contribution in [0.3, 0.4) is 0 Å². The number of anilines is 2. The van der Waals surface area contributed by atoms with Crippen LogP contribution in [-0.4, -0.2) is 71.8 Å². The summed E-state index contributed by atoms with van der Waals surface area (Å²) >= 11 is 1.39. The predicted molar refractivity (Wildman–Crippen MR) is 151 cm³/mol. The molecule has 5 rings (SSSR count). The van der Waals surface area contributed by atoms with Crippen LogP contribution in [0.2, 0.25) is 0 Å². The van der Waals surface area contributed by atoms with Crippen molar-refractivity contribution >= 4 is 41.0 Å². The minimum absolute atomic E-state index is 0.0100. The van der Waals surface area contributed by atoms with Crippen molar-refractivity contribution in [3.05, 3.63) is 41.6 Å². The van der Waals surface area contributed by atoms with Crippen molar-refractivity contribution in [2.75, 3.05) is 25.5 Å². The van der Waals surface area contributed by atoms with Crippen LogP contribution in [-0.2, 0) is 9.59 Å². The van der Waals surface area contributed by atoms with Gasteiger partial charge >= 0.3 is 6.03 Å². The second-order valence-electron chi connectivity index (χ2n) is 11.0. The minimum Gasteiger partial charge on any atom is -0.491 e. The standard InChI is InChI=1S/C28H36N6O4S/c1-15(2)38-19-8-9-20(16(3)12-19)34-21-10-11-29-27-23(21)24(32-28(34)37)25(39-27)26(36)31-18-7-6-17(13-18)30-22(35)14-33(4)5/h8-12,15,17-18,24-25H,6-7,13-14H2,1-5H3,(H,30,35)(H,31,36)(H,32,37)/t17-,18+,24?,25?/m1/s1. The molecule has 0 spiro atoms. The number of benzene rings is 1. The van der Waals surface area contributed by atoms with Gasteiger partial charge in [0.25, 0.3) is 0 Å². The Kier molecular flexibility index (Phi) is 7.73. The summed E-state index contributed by atoms with van der Waals surface area (Å²) < 4.78 is 5.82. The highest BCUT2D eigenvalue weighted by atomic mass is 32.2. The quantitative estimate of drug-likeness (QED) is 0.460. The van der Waals surface area contributed by atoms with E-state index in [0.29, 0.717) is 13.0 Å². The zero-order valence-electron chi connectivity index (χ0n) is 23.0. The summed E-state index contributed by atoms with van der Waals surface area (Å²) in [4.78, 5) is 47.1. The number of hydrogen-bond acceptors (Lipinski definition) is 7. The Bertz CT molecular complexity index is 1280. The van der Waals surface area contributed by atoms with Crippen molar-refractivity contribution in [3.63, 3.8) is 0 Å². The maximum absolute atomic E-state index is 13.5. The van der Waals surface area contributed by atoms with Gasteiger partial charge in [0, 0.05) is 23.8 Å². The van der Waals surface area contributed by atoms with E-state index in [-0.39, 0.29) is 36.0 Å². The number of aromatic nitrogens is 1. The number of nitrogens with zero attached hydrogens (tertiary/aromatic N) is 3. The van der Waals surface area contributed by atoms with Gasteiger partial charge in [-0.2, -0.15) is 0 Å². The van der Waals surface area contributed by atoms with Crippen LogP contribution in [0.4, 0.5) is 16.2 Å². The highest BCUT2D eigenvalue weighted by Crippen LogP contribution is 2.51. The van der Waals surface area contributed by atoms with Crippen molar-refractivity contribution in [2.24, 2.45) is 0 Å². The number of thioether (sulfide) groups is 1. The fraction of sp³-hybridized carbons (Fsp3) is 0.500. The lowest BCUT2D eigenvalue weighted by molar-refractivity contribution is -0.122. The van der Waals surface area contributed by atoms with E-state index in [4.69, 9.17) is 4.74 Å². The van der Waals surface area contributed by atoms with E-state index >= 15 is 0 Å². The Balaban J connectivity index is 1.30. The molecule has 1 fully saturated rings. The normalized spacial score (nSPS) is 23.6. The van der Waals surface area contributed by atoms with Crippen LogP contribution in [0.5, 0.6) is 5.75 Å². The maximum atomic E-state index is 13.5. The summed E-state index contributed by atoms with van der Waals surface area (Å²) in [6, 6.07) is 6.79. The van der Waals surface area contributed by atoms with E-state index in [1.165, 1.54) is 11.8 Å². The van der Waals surface area contributed by atoms with Crippen LogP contribution >= 0.6 is 11.8 Å². The van der Waals surface area contributed by atoms with Crippen molar-refractivity contribution < 1.29 is 19.1 Å². The molecular weight excluding hydrogens is 516 g/mol. The first-order valence-corrected chi connectivity index (χ1v) is 14.3. The van der Waals surface area contributed by atoms with Crippen molar-refractivity contribution in [2.45, 2.75) is 74.5 Å². The second kappa shape index (κ2) is 11.1. The molecule has 0 radical (unpaired) electrons. The third-order valence-electron chi connectivity index (χ3n) is 7.15. The smallest absolute Gasteiger partial charge is 0.327 e. The molecule has 2 aliphatic heterocycles. The van der Waals surface area contributed by atoms with Gasteiger partial charge in [0.1, 0.15) is 16.0 Å². The van der Waals surface area contributed by atoms with E-state index in [0.717, 1.165) is 46.1 Å². The SMILES string of the molecule is Cc1cc(OC(C)C)ccc1N1C(=O)NC2c3c1ccnc3SC2C(=O)N[C@H]1CC[C@@H](NC(=O)CN(C)C)C1. The number of ether oxygens (including phenoxy) is 1. The van der Waals surface area contributed by atoms with E-state index in [1.807, 2.05) is 64.0 Å². The lowest BCUT2D eigenvalue weighted by Gasteiger charge is -2.35. The summed E-state index contributed by atoms with van der Waals surface area (Å²) in [6.45, 7) is 6.24. The Hall–Kier alpha value is -3.31. The van der Waals surface area contributed by atoms with Gasteiger partial charge in [0.15, 0.2) is 0 Å². The van der Waals surface area contributed by atoms with Crippen molar-refractivity contribution in [1.82, 2.24) is 25.8 Å². The third-order valence-corrected chi connectivity index (χ3v) is 8.44. The minimum atomic E-state index is -0.523. The molecule has 1 saturated carbocycles. The summed E-state index contributed by atoms with van der Waals surface area (Å²) in [5.41, 5.74) is 3.26. The Labute approximate surface area is 233 Å². The molecule has 1 aliphatic carbocycles. The average molecular weight is 553 g/mol. The Morgan fingerprint density at radius 2 is 1.92 bits per heavy atom. The van der Waals surface area contributed by atoms with E-state index in [2.05, 4.69) is 20.9 Å². The molecule has 39 heavy (non-hydrogen) atoms. The van der Waals surface area contributed by atoms with Gasteiger partial charge in [0.2, 0.25) is 11.8 Å². The van der Waals surface area contributed by atoms with Gasteiger partial charge < -0.3 is 25.6 Å². The number of hydrogen-bond donors (Lipinski definition) is 3. The Morgan fingerprint density at radius 3 is 2.62 bits per heavy atom. The highest BCUT2D eigenvalue weighted by molar-refractivity contribution is 8.01. The van der Waals surface area contributed by atoms with Crippen LogP contribution < -0.4 is 25.6 Å². The molecule has 3 heterocycles. The lowest BCUT2D eigenvalue weighted by atomic mass is 9.99. The fourth-order valence-corrected chi connectivity index (χ4v) is 6.81. The lowest BCUT2D eigenvalue weighted by Crippen LogP contribution is -2.50. The number of carbonyl (C=O) groups excluding carboxylic acids is 3. The number of amides is 4. The van der Waals surface area contributed by atoms with E-state index < -0.39 is 11.3 Å². The van der Waals surface area contributed by atoms with Gasteiger partial charge in [-0.3, -0.25) is 14.5 Å². The molecule has 0 bridgehead atoms. The Morgan fingerprint density at radius 1 is 1.18 bits per heavy atom. The number of carbonyl (C=O) groups is 3. The van der Waals surface area contributed by atoms with Gasteiger partial charge in [-0.05, 0) is 84.0 Å². The molecule has 3 N–H and O–H groups in total. The van der Waals surface area contributed by atoms with Gasteiger partial charge in [-0.1, -0.05) is 11.8 Å². The topological polar surface area (TPSA) is 116 Å². The highest BCUT2D eigenvalue weighted by Gasteiger charge is 2.47. The fourth-order valence-electron chi connectivity index (χ4n) is 5.58. The predicted octanol–water partition coefficient (Wildman–Crippen LogP) is 3.27. The van der Waals surface area contributed by atoms with Crippen LogP contribution in [0.25, 0.3) is 0 Å². The first kappa shape index (κ1) is 27.3. The third kappa shape index (κ3) is 5.69. The summed E-state index contributed by atoms with van der Waals surface area (Å²) in [5.74, 6) is 0.615. The zero-order valence-corrected chi connectivity index (χ0v) is 23.8. The number of pyridine rings is 1. The summed E-state index contributed by atoms with van der Waals surface area (Å²) in [6.07, 6.45) is 4.05. The molecular formula is C28H36N6O4S. The molecule has 4 amide bonds. The molecule has 208 valence electrons. The second-order valence-corrected chi connectivity index (χ2v) is 12.1. The number of likely N-dealkylation sites (N-methyl/N-ethyl adjacent to an activating group) is 1. The van der Waals surface area contributed by atoms with Gasteiger partial charge in [0.05, 0.1) is 30.1 Å². The van der Waals surface area contributed by atoms with Gasteiger partial charge in [-0.15, -0.1) is 0 Å². The summed E-state index contributed by atoms with van der Waals surface area (Å²) in [7, 11) is 3.72. The first-order valence-electron chi connectivity index (χ1n) is 13.4. The molecule has 2 aromatic rings. The van der Waals surface area contributed by atoms with Gasteiger partial charge in [-0.25, -0.2) is 9.78 Å². The molecule has 1 aromatic heterocycles. The molecule has 1 aromatic carbocycles. The van der Waals surface area contributed by atoms with Crippen molar-refractivity contribution in [1.29, 1.82) is 0 Å². The number of rotatable bonds is 8. The monoisotopic (exact) mass is 552 g/mol. The summed E-state index contributed by atoms with van der Waals surface area (Å²) in [5, 5.41) is 9.53. The molecule has 3 aliphatic rings. The maximum Gasteiger partial charge on any atom is 0.327 e. The van der Waals surface area contributed by atoms with Crippen LogP contribution in [0.15, 0.2) is 35.5 Å². The zero-order chi connectivity index (χ0) is 27.8. The van der Waals surface area contributed by atoms with Crippen molar-refractivity contribution in [3.8, 4) is 5.75 Å². The van der Waals surface area contributed by atoms with E-state index in [9.17, 15) is 14.4 Å². The number of urea groups is 1. The molecule has 0 saturated heterocycles. The number of nitrogens with one attached hydrogen (secondary N) is 3. The molecule has 10 nitrogen and oxygen atoms in total. The van der Waals surface area contributed by atoms with Crippen LogP contribution in [0, 0.1) is 6.92 Å². The average Bonchev–Trinajstić information content (AvgIpc) is 3.44. The van der Waals surface area contributed by atoms with E-state index in [1.54, 1.807) is 11.1 Å². The molecule has 11 heteroatoms. The molecule has 2 unspecified atom stereocenters. The first-order chi connectivity index (χ1) is 18.6.